The van der Waals surface area contributed by atoms with Crippen molar-refractivity contribution in [1.29, 1.82) is 0 Å². The van der Waals surface area contributed by atoms with E-state index in [4.69, 9.17) is 16.3 Å². The minimum atomic E-state index is -0.515. The molecule has 1 aromatic carbocycles. The van der Waals surface area contributed by atoms with Gasteiger partial charge in [0.2, 0.25) is 0 Å². The molecule has 3 nitrogen and oxygen atoms in total. The number of methoxy groups -OCH3 is 1. The fourth-order valence-corrected chi connectivity index (χ4v) is 2.43. The Hall–Kier alpha value is -1.19. The maximum absolute atomic E-state index is 9.86. The van der Waals surface area contributed by atoms with Crippen molar-refractivity contribution in [2.75, 3.05) is 7.11 Å². The van der Waals surface area contributed by atoms with Crippen molar-refractivity contribution in [3.63, 3.8) is 0 Å². The third-order valence-electron chi connectivity index (χ3n) is 3.14. The normalized spacial score (nSPS) is 13.3. The van der Waals surface area contributed by atoms with Crippen LogP contribution in [0.3, 0.4) is 0 Å². The molecule has 0 saturated heterocycles. The molecule has 1 unspecified atom stereocenters. The van der Waals surface area contributed by atoms with Crippen LogP contribution in [0.5, 0.6) is 5.75 Å². The summed E-state index contributed by atoms with van der Waals surface area (Å²) in [6.07, 6.45) is 1.47. The predicted molar refractivity (Wildman–Crippen MR) is 74.5 cm³/mol. The molecule has 1 heterocycles. The number of rotatable bonds is 3. The summed E-state index contributed by atoms with van der Waals surface area (Å²) in [5, 5.41) is 11.4. The van der Waals surface area contributed by atoms with Crippen molar-refractivity contribution in [3.05, 3.63) is 28.9 Å². The van der Waals surface area contributed by atoms with E-state index in [1.54, 1.807) is 14.0 Å². The molecule has 1 N–H and O–H groups in total. The van der Waals surface area contributed by atoms with Gasteiger partial charge in [0.25, 0.3) is 0 Å². The SMILES string of the molecule is COc1cc2c(C(C)O)cn(C(C)C)c2cc1Cl. The van der Waals surface area contributed by atoms with Crippen molar-refractivity contribution < 1.29 is 9.84 Å². The van der Waals surface area contributed by atoms with E-state index in [2.05, 4.69) is 18.4 Å². The van der Waals surface area contributed by atoms with E-state index in [0.29, 0.717) is 16.8 Å². The lowest BCUT2D eigenvalue weighted by Crippen LogP contribution is -1.98. The summed E-state index contributed by atoms with van der Waals surface area (Å²) >= 11 is 6.17. The number of ether oxygens (including phenoxy) is 1. The Kier molecular flexibility index (Phi) is 3.55. The van der Waals surface area contributed by atoms with Crippen LogP contribution in [-0.2, 0) is 0 Å². The van der Waals surface area contributed by atoms with E-state index < -0.39 is 6.10 Å². The largest absolute Gasteiger partial charge is 0.495 e. The zero-order chi connectivity index (χ0) is 13.4. The highest BCUT2D eigenvalue weighted by atomic mass is 35.5. The van der Waals surface area contributed by atoms with Crippen LogP contribution in [0.15, 0.2) is 18.3 Å². The lowest BCUT2D eigenvalue weighted by molar-refractivity contribution is 0.200. The maximum Gasteiger partial charge on any atom is 0.138 e. The number of aromatic nitrogens is 1. The second-order valence-corrected chi connectivity index (χ2v) is 5.17. The molecular formula is C14H18ClNO2. The number of aliphatic hydroxyl groups excluding tert-OH is 1. The van der Waals surface area contributed by atoms with Crippen LogP contribution >= 0.6 is 11.6 Å². The van der Waals surface area contributed by atoms with E-state index in [9.17, 15) is 5.11 Å². The summed E-state index contributed by atoms with van der Waals surface area (Å²) < 4.78 is 7.35. The van der Waals surface area contributed by atoms with E-state index in [1.165, 1.54) is 0 Å². The number of aliphatic hydroxyl groups is 1. The topological polar surface area (TPSA) is 34.4 Å². The Labute approximate surface area is 112 Å². The van der Waals surface area contributed by atoms with Crippen molar-refractivity contribution in [3.8, 4) is 5.75 Å². The molecule has 0 aliphatic heterocycles. The van der Waals surface area contributed by atoms with Gasteiger partial charge < -0.3 is 14.4 Å². The molecule has 0 spiro atoms. The number of hydrogen-bond donors (Lipinski definition) is 1. The van der Waals surface area contributed by atoms with E-state index in [0.717, 1.165) is 16.5 Å². The van der Waals surface area contributed by atoms with Crippen LogP contribution in [0.1, 0.15) is 38.5 Å². The van der Waals surface area contributed by atoms with Gasteiger partial charge in [0.05, 0.1) is 23.8 Å². The smallest absolute Gasteiger partial charge is 0.138 e. The number of benzene rings is 1. The van der Waals surface area contributed by atoms with E-state index in [-0.39, 0.29) is 0 Å². The third kappa shape index (κ3) is 2.08. The first-order chi connectivity index (χ1) is 8.45. The van der Waals surface area contributed by atoms with Gasteiger partial charge in [-0.05, 0) is 32.9 Å². The molecule has 0 aliphatic rings. The third-order valence-corrected chi connectivity index (χ3v) is 3.44. The lowest BCUT2D eigenvalue weighted by atomic mass is 10.1. The minimum Gasteiger partial charge on any atom is -0.495 e. The molecule has 2 rings (SSSR count). The molecule has 0 fully saturated rings. The zero-order valence-electron chi connectivity index (χ0n) is 11.1. The van der Waals surface area contributed by atoms with Gasteiger partial charge in [0.15, 0.2) is 0 Å². The molecule has 2 aromatic rings. The molecule has 0 aliphatic carbocycles. The summed E-state index contributed by atoms with van der Waals surface area (Å²) in [6, 6.07) is 4.09. The number of hydrogen-bond acceptors (Lipinski definition) is 2. The molecule has 1 aromatic heterocycles. The molecule has 98 valence electrons. The Balaban J connectivity index is 2.79. The predicted octanol–water partition coefficient (Wildman–Crippen LogP) is 3.94. The van der Waals surface area contributed by atoms with Gasteiger partial charge in [0.1, 0.15) is 5.75 Å². The van der Waals surface area contributed by atoms with E-state index >= 15 is 0 Å². The molecule has 4 heteroatoms. The Morgan fingerprint density at radius 3 is 2.44 bits per heavy atom. The molecule has 0 saturated carbocycles. The summed E-state index contributed by atoms with van der Waals surface area (Å²) in [5.74, 6) is 0.632. The van der Waals surface area contributed by atoms with Crippen molar-refractivity contribution in [1.82, 2.24) is 4.57 Å². The van der Waals surface area contributed by atoms with Crippen LogP contribution in [-0.4, -0.2) is 16.8 Å². The molecular weight excluding hydrogens is 250 g/mol. The average molecular weight is 268 g/mol. The summed E-state index contributed by atoms with van der Waals surface area (Å²) in [6.45, 7) is 5.97. The van der Waals surface area contributed by atoms with Gasteiger partial charge in [-0.15, -0.1) is 0 Å². The van der Waals surface area contributed by atoms with Gasteiger partial charge in [-0.3, -0.25) is 0 Å². The van der Waals surface area contributed by atoms with Crippen LogP contribution in [0.25, 0.3) is 10.9 Å². The second kappa shape index (κ2) is 4.82. The Morgan fingerprint density at radius 2 is 1.94 bits per heavy atom. The average Bonchev–Trinajstić information content (AvgIpc) is 2.66. The van der Waals surface area contributed by atoms with Gasteiger partial charge in [0, 0.05) is 23.2 Å². The first-order valence-electron chi connectivity index (χ1n) is 6.01. The zero-order valence-corrected chi connectivity index (χ0v) is 11.8. The standard InChI is InChI=1S/C14H18ClNO2/c1-8(2)16-7-11(9(3)17)10-5-14(18-4)12(15)6-13(10)16/h5-9,17H,1-4H3. The van der Waals surface area contributed by atoms with Crippen LogP contribution in [0.2, 0.25) is 5.02 Å². The first kappa shape index (κ1) is 13.2. The fraction of sp³-hybridized carbons (Fsp3) is 0.429. The summed E-state index contributed by atoms with van der Waals surface area (Å²) in [7, 11) is 1.59. The lowest BCUT2D eigenvalue weighted by Gasteiger charge is -2.10. The molecule has 18 heavy (non-hydrogen) atoms. The number of nitrogens with zero attached hydrogens (tertiary/aromatic N) is 1. The maximum atomic E-state index is 9.86. The number of fused-ring (bicyclic) bond motifs is 1. The molecule has 0 radical (unpaired) electrons. The fourth-order valence-electron chi connectivity index (χ4n) is 2.19. The molecule has 1 atom stereocenters. The Morgan fingerprint density at radius 1 is 1.28 bits per heavy atom. The van der Waals surface area contributed by atoms with Crippen LogP contribution in [0, 0.1) is 0 Å². The van der Waals surface area contributed by atoms with Crippen LogP contribution < -0.4 is 4.74 Å². The highest BCUT2D eigenvalue weighted by Gasteiger charge is 2.16. The van der Waals surface area contributed by atoms with Crippen molar-refractivity contribution in [2.24, 2.45) is 0 Å². The molecule has 0 amide bonds. The van der Waals surface area contributed by atoms with E-state index in [1.807, 2.05) is 18.3 Å². The molecule has 0 bridgehead atoms. The quantitative estimate of drug-likeness (QED) is 0.914. The minimum absolute atomic E-state index is 0.310. The number of halogens is 1. The van der Waals surface area contributed by atoms with Crippen molar-refractivity contribution in [2.45, 2.75) is 32.9 Å². The highest BCUT2D eigenvalue weighted by molar-refractivity contribution is 6.32. The van der Waals surface area contributed by atoms with Crippen molar-refractivity contribution >= 4 is 22.5 Å². The van der Waals surface area contributed by atoms with Gasteiger partial charge in [-0.1, -0.05) is 11.6 Å². The highest BCUT2D eigenvalue weighted by Crippen LogP contribution is 2.36. The summed E-state index contributed by atoms with van der Waals surface area (Å²) in [5.41, 5.74) is 1.92. The van der Waals surface area contributed by atoms with Crippen LogP contribution in [0.4, 0.5) is 0 Å². The monoisotopic (exact) mass is 267 g/mol. The Bertz CT molecular complexity index is 573. The van der Waals surface area contributed by atoms with Gasteiger partial charge in [-0.25, -0.2) is 0 Å². The first-order valence-corrected chi connectivity index (χ1v) is 6.39. The van der Waals surface area contributed by atoms with Gasteiger partial charge >= 0.3 is 0 Å². The second-order valence-electron chi connectivity index (χ2n) is 4.77. The van der Waals surface area contributed by atoms with Gasteiger partial charge in [-0.2, -0.15) is 0 Å². The summed E-state index contributed by atoms with van der Waals surface area (Å²) in [4.78, 5) is 0.